The first-order valence-corrected chi connectivity index (χ1v) is 14.7. The second-order valence-corrected chi connectivity index (χ2v) is 10.5. The van der Waals surface area contributed by atoms with E-state index in [-0.39, 0.29) is 0 Å². The fraction of sp³-hybridized carbons (Fsp3) is 0.100. The van der Waals surface area contributed by atoms with Gasteiger partial charge in [-0.2, -0.15) is 0 Å². The molecule has 0 aromatic heterocycles. The van der Waals surface area contributed by atoms with E-state index < -0.39 is 11.1 Å². The predicted molar refractivity (Wildman–Crippen MR) is 174 cm³/mol. The number of benzene rings is 6. The SMILES string of the molecule is c1ccc(C(NCCNC(c2ccccc2)(c2ccccc2)c2ccccc2)(c2ccccc2)c2ccccc2)cc1. The minimum atomic E-state index is -0.514. The topological polar surface area (TPSA) is 24.1 Å². The van der Waals surface area contributed by atoms with Crippen LogP contribution >= 0.6 is 0 Å². The molecule has 2 nitrogen and oxygen atoms in total. The van der Waals surface area contributed by atoms with Gasteiger partial charge in [0.2, 0.25) is 0 Å². The van der Waals surface area contributed by atoms with Crippen LogP contribution in [0.15, 0.2) is 182 Å². The lowest BCUT2D eigenvalue weighted by Crippen LogP contribution is -2.51. The van der Waals surface area contributed by atoms with Gasteiger partial charge >= 0.3 is 0 Å². The van der Waals surface area contributed by atoms with Crippen LogP contribution in [-0.4, -0.2) is 13.1 Å². The molecule has 0 heterocycles. The average molecular weight is 545 g/mol. The molecule has 0 aliphatic rings. The van der Waals surface area contributed by atoms with Crippen LogP contribution in [0.1, 0.15) is 33.4 Å². The summed E-state index contributed by atoms with van der Waals surface area (Å²) in [5.41, 5.74) is 6.24. The Morgan fingerprint density at radius 3 is 0.595 bits per heavy atom. The van der Waals surface area contributed by atoms with Crippen molar-refractivity contribution in [3.63, 3.8) is 0 Å². The third-order valence-corrected chi connectivity index (χ3v) is 8.15. The molecule has 0 aliphatic heterocycles. The molecule has 0 saturated heterocycles. The first kappa shape index (κ1) is 27.4. The molecular weight excluding hydrogens is 508 g/mol. The highest BCUT2D eigenvalue weighted by Gasteiger charge is 2.38. The Morgan fingerprint density at radius 2 is 0.429 bits per heavy atom. The Bertz CT molecular complexity index is 1310. The molecule has 206 valence electrons. The molecule has 0 bridgehead atoms. The van der Waals surface area contributed by atoms with Gasteiger partial charge in [0.05, 0.1) is 11.1 Å². The van der Waals surface area contributed by atoms with E-state index in [0.717, 1.165) is 13.1 Å². The molecule has 2 N–H and O–H groups in total. The van der Waals surface area contributed by atoms with E-state index in [1.54, 1.807) is 0 Å². The van der Waals surface area contributed by atoms with E-state index in [0.29, 0.717) is 0 Å². The number of hydrogen-bond acceptors (Lipinski definition) is 2. The molecule has 0 fully saturated rings. The molecule has 0 amide bonds. The zero-order valence-corrected chi connectivity index (χ0v) is 23.7. The molecule has 0 radical (unpaired) electrons. The minimum absolute atomic E-state index is 0.514. The highest BCUT2D eigenvalue weighted by molar-refractivity contribution is 5.51. The summed E-state index contributed by atoms with van der Waals surface area (Å²) in [6.45, 7) is 1.46. The number of hydrogen-bond donors (Lipinski definition) is 2. The lowest BCUT2D eigenvalue weighted by molar-refractivity contribution is 0.421. The van der Waals surface area contributed by atoms with Crippen molar-refractivity contribution >= 4 is 0 Å². The second-order valence-electron chi connectivity index (χ2n) is 10.5. The highest BCUT2D eigenvalue weighted by Crippen LogP contribution is 2.38. The van der Waals surface area contributed by atoms with E-state index in [4.69, 9.17) is 0 Å². The summed E-state index contributed by atoms with van der Waals surface area (Å²) in [5, 5.41) is 8.09. The van der Waals surface area contributed by atoms with Crippen LogP contribution in [-0.2, 0) is 11.1 Å². The van der Waals surface area contributed by atoms with Crippen molar-refractivity contribution in [1.29, 1.82) is 0 Å². The monoisotopic (exact) mass is 544 g/mol. The van der Waals surface area contributed by atoms with Crippen molar-refractivity contribution in [1.82, 2.24) is 10.6 Å². The molecule has 0 unspecified atom stereocenters. The zero-order chi connectivity index (χ0) is 28.5. The number of rotatable bonds is 11. The van der Waals surface area contributed by atoms with Gasteiger partial charge in [-0.1, -0.05) is 182 Å². The fourth-order valence-corrected chi connectivity index (χ4v) is 6.24. The van der Waals surface area contributed by atoms with E-state index in [9.17, 15) is 0 Å². The normalized spacial score (nSPS) is 11.7. The maximum Gasteiger partial charge on any atom is 0.0948 e. The molecular formula is C40H36N2. The standard InChI is InChI=1S/C40H36N2/c1-7-19-33(20-8-1)39(34-21-9-2-10-22-34,35-23-11-3-12-24-35)41-31-32-42-40(36-25-13-4-14-26-36,37-27-15-5-16-28-37)38-29-17-6-18-30-38/h1-30,41-42H,31-32H2. The summed E-state index contributed by atoms with van der Waals surface area (Å²) in [7, 11) is 0. The van der Waals surface area contributed by atoms with Gasteiger partial charge < -0.3 is 0 Å². The molecule has 0 aliphatic carbocycles. The summed E-state index contributed by atoms with van der Waals surface area (Å²) < 4.78 is 0. The van der Waals surface area contributed by atoms with Crippen LogP contribution in [0.2, 0.25) is 0 Å². The second kappa shape index (κ2) is 12.8. The summed E-state index contributed by atoms with van der Waals surface area (Å²) >= 11 is 0. The average Bonchev–Trinajstić information content (AvgIpc) is 3.09. The zero-order valence-electron chi connectivity index (χ0n) is 23.7. The van der Waals surface area contributed by atoms with Gasteiger partial charge in [-0.3, -0.25) is 10.6 Å². The summed E-state index contributed by atoms with van der Waals surface area (Å²) in [6.07, 6.45) is 0. The lowest BCUT2D eigenvalue weighted by atomic mass is 9.76. The molecule has 2 heteroatoms. The highest BCUT2D eigenvalue weighted by atomic mass is 15.0. The maximum atomic E-state index is 4.05. The fourth-order valence-electron chi connectivity index (χ4n) is 6.24. The Hall–Kier alpha value is -4.76. The molecule has 0 saturated carbocycles. The van der Waals surface area contributed by atoms with Gasteiger partial charge in [-0.25, -0.2) is 0 Å². The first-order valence-electron chi connectivity index (χ1n) is 14.7. The lowest BCUT2D eigenvalue weighted by Gasteiger charge is -2.39. The summed E-state index contributed by atoms with van der Waals surface area (Å²) in [6, 6.07) is 64.7. The Morgan fingerprint density at radius 1 is 0.262 bits per heavy atom. The van der Waals surface area contributed by atoms with Crippen molar-refractivity contribution in [2.24, 2.45) is 0 Å². The van der Waals surface area contributed by atoms with Gasteiger partial charge in [0, 0.05) is 13.1 Å². The van der Waals surface area contributed by atoms with Gasteiger partial charge in [0.15, 0.2) is 0 Å². The van der Waals surface area contributed by atoms with Gasteiger partial charge in [0.1, 0.15) is 0 Å². The van der Waals surface area contributed by atoms with Crippen molar-refractivity contribution < 1.29 is 0 Å². The van der Waals surface area contributed by atoms with Crippen LogP contribution < -0.4 is 10.6 Å². The van der Waals surface area contributed by atoms with Gasteiger partial charge in [0.25, 0.3) is 0 Å². The third kappa shape index (κ3) is 5.31. The predicted octanol–water partition coefficient (Wildman–Crippen LogP) is 8.15. The van der Waals surface area contributed by atoms with Crippen LogP contribution in [0, 0.1) is 0 Å². The van der Waals surface area contributed by atoms with Crippen molar-refractivity contribution in [2.45, 2.75) is 11.1 Å². The van der Waals surface area contributed by atoms with E-state index in [1.807, 2.05) is 0 Å². The molecule has 6 aromatic rings. The largest absolute Gasteiger partial charge is 0.299 e. The van der Waals surface area contributed by atoms with Gasteiger partial charge in [-0.05, 0) is 33.4 Å². The Labute approximate surface area is 249 Å². The Balaban J connectivity index is 1.41. The molecule has 6 aromatic carbocycles. The number of nitrogens with one attached hydrogen (secondary N) is 2. The third-order valence-electron chi connectivity index (χ3n) is 8.15. The Kier molecular flexibility index (Phi) is 8.37. The molecule has 0 atom stereocenters. The van der Waals surface area contributed by atoms with Crippen LogP contribution in [0.4, 0.5) is 0 Å². The maximum absolute atomic E-state index is 4.05. The van der Waals surface area contributed by atoms with Gasteiger partial charge in [-0.15, -0.1) is 0 Å². The molecule has 42 heavy (non-hydrogen) atoms. The first-order chi connectivity index (χ1) is 20.8. The molecule has 6 rings (SSSR count). The summed E-state index contributed by atoms with van der Waals surface area (Å²) in [5.74, 6) is 0. The van der Waals surface area contributed by atoms with Crippen LogP contribution in [0.5, 0.6) is 0 Å². The summed E-state index contributed by atoms with van der Waals surface area (Å²) in [4.78, 5) is 0. The molecule has 0 spiro atoms. The quantitative estimate of drug-likeness (QED) is 0.127. The van der Waals surface area contributed by atoms with Crippen molar-refractivity contribution in [2.75, 3.05) is 13.1 Å². The van der Waals surface area contributed by atoms with Crippen molar-refractivity contribution in [3.8, 4) is 0 Å². The van der Waals surface area contributed by atoms with E-state index >= 15 is 0 Å². The van der Waals surface area contributed by atoms with E-state index in [1.165, 1.54) is 33.4 Å². The van der Waals surface area contributed by atoms with Crippen LogP contribution in [0.25, 0.3) is 0 Å². The van der Waals surface area contributed by atoms with Crippen LogP contribution in [0.3, 0.4) is 0 Å². The smallest absolute Gasteiger partial charge is 0.0948 e. The van der Waals surface area contributed by atoms with E-state index in [2.05, 4.69) is 193 Å². The van der Waals surface area contributed by atoms with Crippen molar-refractivity contribution in [3.05, 3.63) is 215 Å². The minimum Gasteiger partial charge on any atom is -0.299 e.